The van der Waals surface area contributed by atoms with E-state index in [4.69, 9.17) is 21.1 Å². The van der Waals surface area contributed by atoms with Crippen LogP contribution in [-0.4, -0.2) is 13.0 Å². The van der Waals surface area contributed by atoms with Crippen molar-refractivity contribution in [3.8, 4) is 17.6 Å². The maximum Gasteiger partial charge on any atom is 0.266 e. The molecule has 0 atom stereocenters. The van der Waals surface area contributed by atoms with Gasteiger partial charge in [0.25, 0.3) is 5.91 Å². The van der Waals surface area contributed by atoms with Crippen molar-refractivity contribution in [2.24, 2.45) is 0 Å². The Morgan fingerprint density at radius 2 is 1.84 bits per heavy atom. The average molecular weight is 447 g/mol. The molecule has 0 radical (unpaired) electrons. The van der Waals surface area contributed by atoms with Gasteiger partial charge < -0.3 is 14.8 Å². The molecule has 0 saturated heterocycles. The molecule has 1 N–H and O–H groups in total. The molecule has 1 amide bonds. The van der Waals surface area contributed by atoms with Crippen molar-refractivity contribution < 1.29 is 14.3 Å². The van der Waals surface area contributed by atoms with Crippen LogP contribution in [0, 0.1) is 11.3 Å². The topological polar surface area (TPSA) is 71.4 Å². The third-order valence-corrected chi connectivity index (χ3v) is 5.08. The summed E-state index contributed by atoms with van der Waals surface area (Å²) in [7, 11) is 1.51. The predicted octanol–water partition coefficient (Wildman–Crippen LogP) is 6.04. The fraction of sp³-hybridized carbons (Fsp3) is 0.154. The summed E-state index contributed by atoms with van der Waals surface area (Å²) in [5, 5.41) is 12.7. The van der Waals surface area contributed by atoms with Crippen molar-refractivity contribution in [3.63, 3.8) is 0 Å². The largest absolute Gasteiger partial charge is 0.493 e. The van der Waals surface area contributed by atoms with Gasteiger partial charge in [0, 0.05) is 5.69 Å². The van der Waals surface area contributed by atoms with Crippen LogP contribution in [-0.2, 0) is 17.8 Å². The summed E-state index contributed by atoms with van der Waals surface area (Å²) in [6, 6.07) is 22.5. The molecule has 0 fully saturated rings. The van der Waals surface area contributed by atoms with Gasteiger partial charge in [-0.2, -0.15) is 5.26 Å². The fourth-order valence-electron chi connectivity index (χ4n) is 3.15. The lowest BCUT2D eigenvalue weighted by Crippen LogP contribution is -2.14. The number of benzene rings is 3. The van der Waals surface area contributed by atoms with Crippen LogP contribution in [0.15, 0.2) is 72.3 Å². The number of carbonyl (C=O) groups excluding carboxylic acids is 1. The zero-order chi connectivity index (χ0) is 22.9. The number of nitrogens with zero attached hydrogens (tertiary/aromatic N) is 1. The second-order valence-corrected chi connectivity index (χ2v) is 7.35. The van der Waals surface area contributed by atoms with Crippen molar-refractivity contribution in [3.05, 3.63) is 94.0 Å². The lowest BCUT2D eigenvalue weighted by atomic mass is 10.1. The number of methoxy groups -OCH3 is 1. The average Bonchev–Trinajstić information content (AvgIpc) is 2.82. The van der Waals surface area contributed by atoms with E-state index in [9.17, 15) is 10.1 Å². The molecule has 3 rings (SSSR count). The van der Waals surface area contributed by atoms with E-state index in [1.54, 1.807) is 12.1 Å². The van der Waals surface area contributed by atoms with Gasteiger partial charge in [0.05, 0.1) is 12.1 Å². The van der Waals surface area contributed by atoms with Gasteiger partial charge in [-0.3, -0.25) is 4.79 Å². The lowest BCUT2D eigenvalue weighted by molar-refractivity contribution is -0.112. The van der Waals surface area contributed by atoms with E-state index in [1.807, 2.05) is 67.6 Å². The molecule has 0 spiro atoms. The monoisotopic (exact) mass is 446 g/mol. The van der Waals surface area contributed by atoms with Crippen molar-refractivity contribution in [1.29, 1.82) is 5.26 Å². The van der Waals surface area contributed by atoms with Crippen LogP contribution in [0.3, 0.4) is 0 Å². The molecular formula is C26H23ClN2O3. The van der Waals surface area contributed by atoms with Crippen molar-refractivity contribution in [2.75, 3.05) is 12.4 Å². The summed E-state index contributed by atoms with van der Waals surface area (Å²) in [4.78, 5) is 12.7. The minimum absolute atomic E-state index is 0.0491. The van der Waals surface area contributed by atoms with Gasteiger partial charge in [0.1, 0.15) is 18.2 Å². The third kappa shape index (κ3) is 5.69. The zero-order valence-corrected chi connectivity index (χ0v) is 18.6. The summed E-state index contributed by atoms with van der Waals surface area (Å²) >= 11 is 6.44. The molecule has 3 aromatic carbocycles. The van der Waals surface area contributed by atoms with Gasteiger partial charge in [-0.1, -0.05) is 67.1 Å². The Morgan fingerprint density at radius 1 is 1.12 bits per heavy atom. The van der Waals surface area contributed by atoms with E-state index < -0.39 is 5.91 Å². The molecule has 5 nitrogen and oxygen atoms in total. The Bertz CT molecular complexity index is 1170. The maximum atomic E-state index is 12.7. The van der Waals surface area contributed by atoms with Crippen molar-refractivity contribution in [2.45, 2.75) is 20.0 Å². The molecule has 0 heterocycles. The van der Waals surface area contributed by atoms with E-state index in [1.165, 1.54) is 13.2 Å². The lowest BCUT2D eigenvalue weighted by Gasteiger charge is -2.14. The fourth-order valence-corrected chi connectivity index (χ4v) is 3.42. The molecule has 0 unspecified atom stereocenters. The number of halogens is 1. The SMILES string of the molecule is CCc1ccccc1NC(=O)/C(C#N)=C/c1cc(Cl)c(OCc2ccccc2)c(OC)c1. The van der Waals surface area contributed by atoms with E-state index >= 15 is 0 Å². The highest BCUT2D eigenvalue weighted by molar-refractivity contribution is 6.32. The van der Waals surface area contributed by atoms with Gasteiger partial charge in [-0.25, -0.2) is 0 Å². The summed E-state index contributed by atoms with van der Waals surface area (Å²) in [6.45, 7) is 2.33. The minimum atomic E-state index is -0.493. The molecule has 6 heteroatoms. The second kappa shape index (κ2) is 11.0. The number of para-hydroxylation sites is 1. The molecule has 0 saturated carbocycles. The molecule has 0 aliphatic heterocycles. The first-order valence-electron chi connectivity index (χ1n) is 10.1. The number of hydrogen-bond acceptors (Lipinski definition) is 4. The Balaban J connectivity index is 1.83. The number of rotatable bonds is 8. The summed E-state index contributed by atoms with van der Waals surface area (Å²) in [5.74, 6) is 0.316. The Kier molecular flexibility index (Phi) is 7.91. The maximum absolute atomic E-state index is 12.7. The molecule has 3 aromatic rings. The smallest absolute Gasteiger partial charge is 0.266 e. The highest BCUT2D eigenvalue weighted by Gasteiger charge is 2.15. The number of aryl methyl sites for hydroxylation is 1. The first kappa shape index (κ1) is 22.9. The van der Waals surface area contributed by atoms with E-state index in [2.05, 4.69) is 5.32 Å². The Labute approximate surface area is 192 Å². The normalized spacial score (nSPS) is 10.9. The first-order chi connectivity index (χ1) is 15.5. The van der Waals surface area contributed by atoms with Gasteiger partial charge in [0.15, 0.2) is 11.5 Å². The van der Waals surface area contributed by atoms with Gasteiger partial charge >= 0.3 is 0 Å². The van der Waals surface area contributed by atoms with Gasteiger partial charge in [-0.15, -0.1) is 0 Å². The predicted molar refractivity (Wildman–Crippen MR) is 127 cm³/mol. The number of hydrogen-bond donors (Lipinski definition) is 1. The van der Waals surface area contributed by atoms with E-state index in [-0.39, 0.29) is 5.57 Å². The van der Waals surface area contributed by atoms with Crippen LogP contribution in [0.5, 0.6) is 11.5 Å². The molecule has 0 bridgehead atoms. The number of nitrogens with one attached hydrogen (secondary N) is 1. The van der Waals surface area contributed by atoms with Crippen LogP contribution in [0.2, 0.25) is 5.02 Å². The molecule has 0 aromatic heterocycles. The molecule has 32 heavy (non-hydrogen) atoms. The first-order valence-corrected chi connectivity index (χ1v) is 10.5. The van der Waals surface area contributed by atoms with Gasteiger partial charge in [-0.05, 0) is 47.4 Å². The Hall–Kier alpha value is -3.75. The van der Waals surface area contributed by atoms with Gasteiger partial charge in [0.2, 0.25) is 0 Å². The van der Waals surface area contributed by atoms with E-state index in [0.717, 1.165) is 17.5 Å². The minimum Gasteiger partial charge on any atom is -0.493 e. The highest BCUT2D eigenvalue weighted by atomic mass is 35.5. The second-order valence-electron chi connectivity index (χ2n) is 6.94. The number of amides is 1. The summed E-state index contributed by atoms with van der Waals surface area (Å²) in [5.41, 5.74) is 3.16. The van der Waals surface area contributed by atoms with Crippen LogP contribution in [0.4, 0.5) is 5.69 Å². The number of nitriles is 1. The van der Waals surface area contributed by atoms with Crippen molar-refractivity contribution >= 4 is 29.3 Å². The summed E-state index contributed by atoms with van der Waals surface area (Å²) < 4.78 is 11.3. The number of carbonyl (C=O) groups is 1. The van der Waals surface area contributed by atoms with Crippen LogP contribution >= 0.6 is 11.6 Å². The molecule has 0 aliphatic carbocycles. The number of ether oxygens (including phenoxy) is 2. The molecule has 162 valence electrons. The summed E-state index contributed by atoms with van der Waals surface area (Å²) in [6.07, 6.45) is 2.23. The van der Waals surface area contributed by atoms with Crippen LogP contribution < -0.4 is 14.8 Å². The Morgan fingerprint density at radius 3 is 2.53 bits per heavy atom. The molecular weight excluding hydrogens is 424 g/mol. The third-order valence-electron chi connectivity index (χ3n) is 4.80. The quantitative estimate of drug-likeness (QED) is 0.338. The van der Waals surface area contributed by atoms with Crippen LogP contribution in [0.25, 0.3) is 6.08 Å². The highest BCUT2D eigenvalue weighted by Crippen LogP contribution is 2.37. The zero-order valence-electron chi connectivity index (χ0n) is 17.9. The van der Waals surface area contributed by atoms with Crippen LogP contribution in [0.1, 0.15) is 23.6 Å². The number of anilines is 1. The molecule has 0 aliphatic rings. The van der Waals surface area contributed by atoms with Crippen molar-refractivity contribution in [1.82, 2.24) is 0 Å². The standard InChI is InChI=1S/C26H23ClN2O3/c1-3-20-11-7-8-12-23(20)29-26(30)21(16-28)13-19-14-22(27)25(24(15-19)31-2)32-17-18-9-5-4-6-10-18/h4-15H,3,17H2,1-2H3,(H,29,30)/b21-13+. The van der Waals surface area contributed by atoms with E-state index in [0.29, 0.717) is 34.4 Å².